The lowest BCUT2D eigenvalue weighted by Crippen LogP contribution is -2.42. The van der Waals surface area contributed by atoms with E-state index in [0.717, 1.165) is 73.4 Å². The van der Waals surface area contributed by atoms with E-state index in [9.17, 15) is 5.11 Å². The molecule has 0 saturated carbocycles. The Hall–Kier alpha value is -2.65. The third kappa shape index (κ3) is 3.60. The fraction of sp³-hybridized carbons (Fsp3) is 0.476. The van der Waals surface area contributed by atoms with Crippen LogP contribution in [0, 0.1) is 18.3 Å². The van der Waals surface area contributed by atoms with Crippen molar-refractivity contribution in [1.82, 2.24) is 15.1 Å². The second kappa shape index (κ2) is 7.53. The molecule has 140 valence electrons. The summed E-state index contributed by atoms with van der Waals surface area (Å²) in [7, 11) is 0. The molecule has 4 rings (SSSR count). The lowest BCUT2D eigenvalue weighted by molar-refractivity contribution is 0.239. The van der Waals surface area contributed by atoms with Crippen molar-refractivity contribution in [2.75, 3.05) is 25.0 Å². The largest absolute Gasteiger partial charge is 0.507 e. The van der Waals surface area contributed by atoms with E-state index in [-0.39, 0.29) is 6.04 Å². The number of hydrogen-bond acceptors (Lipinski definition) is 6. The minimum Gasteiger partial charge on any atom is -0.507 e. The number of aromatic nitrogens is 2. The second-order valence-electron chi connectivity index (χ2n) is 7.59. The summed E-state index contributed by atoms with van der Waals surface area (Å²) < 4.78 is 0. The van der Waals surface area contributed by atoms with Crippen LogP contribution in [0.5, 0.6) is 5.75 Å². The molecule has 2 aliphatic rings. The Labute approximate surface area is 159 Å². The molecule has 0 bridgehead atoms. The molecular weight excluding hydrogens is 338 g/mol. The summed E-state index contributed by atoms with van der Waals surface area (Å²) in [4.78, 5) is 2.17. The van der Waals surface area contributed by atoms with Gasteiger partial charge in [-0.25, -0.2) is 0 Å². The minimum absolute atomic E-state index is 0.278. The fourth-order valence-electron chi connectivity index (χ4n) is 4.29. The number of nitriles is 1. The highest BCUT2D eigenvalue weighted by Gasteiger charge is 2.22. The minimum atomic E-state index is 0.278. The Kier molecular flexibility index (Phi) is 4.95. The predicted octanol–water partition coefficient (Wildman–Crippen LogP) is 3.05. The van der Waals surface area contributed by atoms with Crippen LogP contribution in [0.2, 0.25) is 0 Å². The topological polar surface area (TPSA) is 85.1 Å². The summed E-state index contributed by atoms with van der Waals surface area (Å²) in [5, 5.41) is 31.8. The van der Waals surface area contributed by atoms with Crippen LogP contribution in [0.15, 0.2) is 18.2 Å². The summed E-state index contributed by atoms with van der Waals surface area (Å²) >= 11 is 0. The van der Waals surface area contributed by atoms with Crippen molar-refractivity contribution in [2.45, 2.75) is 45.1 Å². The monoisotopic (exact) mass is 363 g/mol. The summed E-state index contributed by atoms with van der Waals surface area (Å²) in [6.07, 6.45) is 5.22. The van der Waals surface area contributed by atoms with E-state index in [1.165, 1.54) is 5.56 Å². The van der Waals surface area contributed by atoms with Gasteiger partial charge in [0.1, 0.15) is 11.6 Å². The molecule has 0 spiro atoms. The standard InChI is InChI=1S/C21H25N5O/c1-14-12-19(23-16-5-3-10-26(13-16)11-9-22)24-25-20(14)18-8-7-15-4-2-6-17(15)21(18)27/h7-8,12,16,27H,2-6,10-11,13H2,1H3,(H,23,24)/t16-/m0/s1. The average Bonchev–Trinajstić information content (AvgIpc) is 3.13. The Bertz CT molecular complexity index is 889. The van der Waals surface area contributed by atoms with Crippen LogP contribution in [0.3, 0.4) is 0 Å². The lowest BCUT2D eigenvalue weighted by atomic mass is 10.00. The molecule has 1 aromatic heterocycles. The van der Waals surface area contributed by atoms with Crippen LogP contribution in [0.25, 0.3) is 11.3 Å². The van der Waals surface area contributed by atoms with Gasteiger partial charge in [-0.2, -0.15) is 5.26 Å². The van der Waals surface area contributed by atoms with E-state index in [1.54, 1.807) is 0 Å². The molecule has 1 aliphatic carbocycles. The molecule has 0 unspecified atom stereocenters. The van der Waals surface area contributed by atoms with Crippen molar-refractivity contribution < 1.29 is 5.11 Å². The van der Waals surface area contributed by atoms with Crippen LogP contribution < -0.4 is 5.32 Å². The molecule has 1 aromatic carbocycles. The number of anilines is 1. The number of nitrogens with one attached hydrogen (secondary N) is 1. The first-order chi connectivity index (χ1) is 13.2. The maximum absolute atomic E-state index is 10.7. The molecule has 2 heterocycles. The SMILES string of the molecule is Cc1cc(N[C@H]2CCCN(CC#N)C2)nnc1-c1ccc2c(c1O)CCC2. The van der Waals surface area contributed by atoms with Crippen molar-refractivity contribution in [3.8, 4) is 23.1 Å². The third-order valence-corrected chi connectivity index (χ3v) is 5.64. The van der Waals surface area contributed by atoms with Crippen LogP contribution in [0.1, 0.15) is 36.0 Å². The highest BCUT2D eigenvalue weighted by atomic mass is 16.3. The first-order valence-corrected chi connectivity index (χ1v) is 9.70. The van der Waals surface area contributed by atoms with Gasteiger partial charge >= 0.3 is 0 Å². The molecule has 1 saturated heterocycles. The van der Waals surface area contributed by atoms with Crippen molar-refractivity contribution in [1.29, 1.82) is 5.26 Å². The summed E-state index contributed by atoms with van der Waals surface area (Å²) in [5.41, 5.74) is 4.81. The number of phenolic OH excluding ortho intramolecular Hbond substituents is 1. The van der Waals surface area contributed by atoms with Crippen LogP contribution >= 0.6 is 0 Å². The number of likely N-dealkylation sites (tertiary alicyclic amines) is 1. The van der Waals surface area contributed by atoms with Gasteiger partial charge < -0.3 is 10.4 Å². The van der Waals surface area contributed by atoms with Gasteiger partial charge in [-0.1, -0.05) is 6.07 Å². The fourth-order valence-corrected chi connectivity index (χ4v) is 4.29. The zero-order chi connectivity index (χ0) is 18.8. The normalized spacial score (nSPS) is 19.5. The first-order valence-electron chi connectivity index (χ1n) is 9.70. The number of nitrogens with zero attached hydrogens (tertiary/aromatic N) is 4. The van der Waals surface area contributed by atoms with Gasteiger partial charge in [0.15, 0.2) is 0 Å². The lowest BCUT2D eigenvalue weighted by Gasteiger charge is -2.31. The summed E-state index contributed by atoms with van der Waals surface area (Å²) in [5.74, 6) is 1.11. The van der Waals surface area contributed by atoms with Gasteiger partial charge in [0, 0.05) is 18.2 Å². The molecule has 2 aromatic rings. The van der Waals surface area contributed by atoms with E-state index in [1.807, 2.05) is 19.1 Å². The molecule has 0 radical (unpaired) electrons. The van der Waals surface area contributed by atoms with E-state index in [2.05, 4.69) is 32.5 Å². The Balaban J connectivity index is 1.53. The van der Waals surface area contributed by atoms with E-state index in [4.69, 9.17) is 5.26 Å². The highest BCUT2D eigenvalue weighted by Crippen LogP contribution is 2.38. The van der Waals surface area contributed by atoms with Crippen molar-refractivity contribution in [3.05, 3.63) is 34.9 Å². The van der Waals surface area contributed by atoms with Gasteiger partial charge in [0.25, 0.3) is 0 Å². The Morgan fingerprint density at radius 1 is 1.30 bits per heavy atom. The van der Waals surface area contributed by atoms with Crippen molar-refractivity contribution in [3.63, 3.8) is 0 Å². The number of rotatable bonds is 4. The van der Waals surface area contributed by atoms with Gasteiger partial charge in [0.05, 0.1) is 18.3 Å². The number of aromatic hydroxyl groups is 1. The van der Waals surface area contributed by atoms with Crippen LogP contribution in [-0.4, -0.2) is 45.9 Å². The van der Waals surface area contributed by atoms with Gasteiger partial charge in [-0.05, 0) is 74.4 Å². The average molecular weight is 363 g/mol. The number of hydrogen-bond donors (Lipinski definition) is 2. The predicted molar refractivity (Wildman–Crippen MR) is 105 cm³/mol. The summed E-state index contributed by atoms with van der Waals surface area (Å²) in [6.45, 7) is 4.30. The molecule has 2 N–H and O–H groups in total. The Morgan fingerprint density at radius 2 is 2.19 bits per heavy atom. The number of fused-ring (bicyclic) bond motifs is 1. The van der Waals surface area contributed by atoms with E-state index < -0.39 is 0 Å². The number of aryl methyl sites for hydroxylation is 2. The molecule has 1 aliphatic heterocycles. The molecule has 27 heavy (non-hydrogen) atoms. The Morgan fingerprint density at radius 3 is 3.00 bits per heavy atom. The van der Waals surface area contributed by atoms with Gasteiger partial charge in [-0.3, -0.25) is 4.90 Å². The van der Waals surface area contributed by atoms with Gasteiger partial charge in [-0.15, -0.1) is 10.2 Å². The van der Waals surface area contributed by atoms with Crippen molar-refractivity contribution >= 4 is 5.82 Å². The molecule has 1 fully saturated rings. The maximum Gasteiger partial charge on any atom is 0.149 e. The summed E-state index contributed by atoms with van der Waals surface area (Å²) in [6, 6.07) is 8.57. The number of phenols is 1. The second-order valence-corrected chi connectivity index (χ2v) is 7.59. The van der Waals surface area contributed by atoms with Gasteiger partial charge in [0.2, 0.25) is 0 Å². The first kappa shape index (κ1) is 17.7. The van der Waals surface area contributed by atoms with E-state index >= 15 is 0 Å². The maximum atomic E-state index is 10.7. The molecule has 0 amide bonds. The zero-order valence-electron chi connectivity index (χ0n) is 15.7. The quantitative estimate of drug-likeness (QED) is 0.812. The molecular formula is C21H25N5O. The highest BCUT2D eigenvalue weighted by molar-refractivity contribution is 5.73. The number of piperidine rings is 1. The van der Waals surface area contributed by atoms with Crippen LogP contribution in [-0.2, 0) is 12.8 Å². The van der Waals surface area contributed by atoms with E-state index in [0.29, 0.717) is 12.3 Å². The zero-order valence-corrected chi connectivity index (χ0v) is 15.7. The number of benzene rings is 1. The smallest absolute Gasteiger partial charge is 0.149 e. The third-order valence-electron chi connectivity index (χ3n) is 5.64. The molecule has 6 heteroatoms. The van der Waals surface area contributed by atoms with Crippen molar-refractivity contribution in [2.24, 2.45) is 0 Å². The molecule has 1 atom stereocenters. The van der Waals surface area contributed by atoms with Crippen LogP contribution in [0.4, 0.5) is 5.82 Å². The molecule has 6 nitrogen and oxygen atoms in total.